The van der Waals surface area contributed by atoms with Crippen molar-refractivity contribution >= 4 is 17.1 Å². The summed E-state index contributed by atoms with van der Waals surface area (Å²) in [4.78, 5) is 21.0. The van der Waals surface area contributed by atoms with Crippen molar-refractivity contribution in [3.8, 4) is 5.88 Å². The Kier molecular flexibility index (Phi) is 4.90. The number of aliphatic hydroxyl groups excluding tert-OH is 2. The molecule has 166 valence electrons. The fourth-order valence-corrected chi connectivity index (χ4v) is 3.58. The Morgan fingerprint density at radius 1 is 1.37 bits per heavy atom. The van der Waals surface area contributed by atoms with E-state index in [0.29, 0.717) is 0 Å². The number of anilines is 1. The van der Waals surface area contributed by atoms with Crippen LogP contribution in [0, 0.1) is 5.92 Å². The van der Waals surface area contributed by atoms with Crippen LogP contribution in [0.4, 0.5) is 23.5 Å². The molecule has 3 heterocycles. The molecule has 4 rings (SSSR count). The minimum absolute atomic E-state index is 0.0647. The lowest BCUT2D eigenvalue weighted by atomic mass is 10.1. The number of nitrogens with two attached hydrogens (primary N) is 1. The van der Waals surface area contributed by atoms with Crippen LogP contribution in [0.5, 0.6) is 5.88 Å². The van der Waals surface area contributed by atoms with E-state index in [1.807, 2.05) is 0 Å². The predicted octanol–water partition coefficient (Wildman–Crippen LogP) is 0.113. The highest BCUT2D eigenvalue weighted by Crippen LogP contribution is 2.39. The van der Waals surface area contributed by atoms with Crippen LogP contribution in [0.3, 0.4) is 0 Å². The summed E-state index contributed by atoms with van der Waals surface area (Å²) in [6.45, 7) is 0.239. The van der Waals surface area contributed by atoms with E-state index in [1.165, 1.54) is 11.7 Å². The van der Waals surface area contributed by atoms with Crippen LogP contribution in [-0.4, -0.2) is 67.1 Å². The number of ether oxygens (including phenoxy) is 2. The van der Waals surface area contributed by atoms with E-state index in [4.69, 9.17) is 15.2 Å². The van der Waals surface area contributed by atoms with Crippen molar-refractivity contribution in [2.75, 3.05) is 12.8 Å². The number of alkyl halides is 4. The topological polar surface area (TPSA) is 138 Å². The van der Waals surface area contributed by atoms with Gasteiger partial charge in [-0.15, -0.1) is 0 Å². The van der Waals surface area contributed by atoms with Crippen LogP contribution in [-0.2, 0) is 11.3 Å². The second kappa shape index (κ2) is 7.06. The normalized spacial score (nSPS) is 28.2. The molecule has 1 unspecified atom stereocenters. The Morgan fingerprint density at radius 3 is 2.60 bits per heavy atom. The first kappa shape index (κ1) is 20.8. The molecule has 0 bridgehead atoms. The van der Waals surface area contributed by atoms with E-state index >= 15 is 0 Å². The van der Waals surface area contributed by atoms with E-state index in [1.54, 1.807) is 0 Å². The first-order valence-corrected chi connectivity index (χ1v) is 9.09. The number of aromatic nitrogens is 4. The van der Waals surface area contributed by atoms with Gasteiger partial charge in [-0.25, -0.2) is 13.8 Å². The van der Waals surface area contributed by atoms with E-state index < -0.39 is 42.6 Å². The minimum Gasteiger partial charge on any atom is -0.479 e. The fraction of sp³-hybridized carbons (Fsp3) is 0.688. The second-order valence-corrected chi connectivity index (χ2v) is 7.38. The Morgan fingerprint density at radius 2 is 2.03 bits per heavy atom. The van der Waals surface area contributed by atoms with Crippen molar-refractivity contribution in [1.82, 2.24) is 19.1 Å². The van der Waals surface area contributed by atoms with Gasteiger partial charge >= 0.3 is 11.9 Å². The Balaban J connectivity index is 1.85. The average molecular weight is 437 g/mol. The highest BCUT2D eigenvalue weighted by molar-refractivity contribution is 5.78. The Hall–Kier alpha value is -2.45. The van der Waals surface area contributed by atoms with E-state index in [0.717, 1.165) is 17.4 Å². The summed E-state index contributed by atoms with van der Waals surface area (Å²) >= 11 is 0. The van der Waals surface area contributed by atoms with Gasteiger partial charge in [0, 0.05) is 6.54 Å². The van der Waals surface area contributed by atoms with E-state index in [9.17, 15) is 32.6 Å². The number of fused-ring (bicyclic) bond motifs is 1. The molecule has 4 N–H and O–H groups in total. The van der Waals surface area contributed by atoms with Gasteiger partial charge < -0.3 is 25.4 Å². The third kappa shape index (κ3) is 3.28. The summed E-state index contributed by atoms with van der Waals surface area (Å²) in [5.74, 6) is -0.190. The maximum atomic E-state index is 14.4. The number of halogens is 4. The van der Waals surface area contributed by atoms with Gasteiger partial charge in [0.05, 0.1) is 7.11 Å². The number of nitrogens with zero attached hydrogens (tertiary/aromatic N) is 4. The molecule has 2 fully saturated rings. The summed E-state index contributed by atoms with van der Waals surface area (Å²) in [5, 5.41) is 19.6. The first-order chi connectivity index (χ1) is 14.0. The third-order valence-corrected chi connectivity index (χ3v) is 5.25. The summed E-state index contributed by atoms with van der Waals surface area (Å²) in [7, 11) is 1.28. The van der Waals surface area contributed by atoms with Crippen LogP contribution in [0.25, 0.3) is 11.2 Å². The molecule has 30 heavy (non-hydrogen) atoms. The maximum absolute atomic E-state index is 14.4. The highest BCUT2D eigenvalue weighted by Gasteiger charge is 2.56. The van der Waals surface area contributed by atoms with Crippen molar-refractivity contribution in [2.45, 2.75) is 56.3 Å². The Bertz CT molecular complexity index is 1020. The quantitative estimate of drug-likeness (QED) is 0.561. The highest BCUT2D eigenvalue weighted by atomic mass is 19.4. The van der Waals surface area contributed by atoms with Gasteiger partial charge in [0.2, 0.25) is 11.8 Å². The molecule has 1 saturated heterocycles. The standard InChI is InChI=1S/C16H19F4N5O5/c1-29-12-7-11(22-14(21)23-12)25(15(28)24(7)4-5-2-3-5)13-8(26)6(17)9(30-13)10(27)16(18,19)20/h5-6,8-10,13,26-27H,2-4H2,1H3,(H2,21,22,23)/t6-,8-,9+,10?,13-/m1/s1. The van der Waals surface area contributed by atoms with Gasteiger partial charge in [-0.05, 0) is 18.8 Å². The molecular formula is C16H19F4N5O5. The SMILES string of the molecule is COc1nc(N)nc2c1n(CC1CC1)c(=O)n2[C@@H]1O[C@H](C(O)C(F)(F)F)[C@H](F)[C@H]1O. The third-order valence-electron chi connectivity index (χ3n) is 5.25. The molecule has 10 nitrogen and oxygen atoms in total. The molecule has 1 aliphatic carbocycles. The molecule has 0 amide bonds. The first-order valence-electron chi connectivity index (χ1n) is 9.09. The van der Waals surface area contributed by atoms with Gasteiger partial charge in [-0.1, -0.05) is 0 Å². The van der Waals surface area contributed by atoms with Gasteiger partial charge in [0.1, 0.15) is 12.2 Å². The zero-order valence-corrected chi connectivity index (χ0v) is 15.6. The molecule has 0 spiro atoms. The van der Waals surface area contributed by atoms with E-state index in [2.05, 4.69) is 9.97 Å². The maximum Gasteiger partial charge on any atom is 0.417 e. The summed E-state index contributed by atoms with van der Waals surface area (Å²) < 4.78 is 65.2. The summed E-state index contributed by atoms with van der Waals surface area (Å²) in [6, 6.07) is 0. The summed E-state index contributed by atoms with van der Waals surface area (Å²) in [5.41, 5.74) is 4.73. The lowest BCUT2D eigenvalue weighted by molar-refractivity contribution is -0.241. The lowest BCUT2D eigenvalue weighted by Gasteiger charge is -2.22. The molecule has 14 heteroatoms. The Labute approximate surface area is 165 Å². The van der Waals surface area contributed by atoms with Crippen LogP contribution in [0.2, 0.25) is 0 Å². The monoisotopic (exact) mass is 437 g/mol. The molecule has 1 saturated carbocycles. The van der Waals surface area contributed by atoms with Gasteiger partial charge in [-0.3, -0.25) is 4.57 Å². The zero-order valence-electron chi connectivity index (χ0n) is 15.6. The molecule has 5 atom stereocenters. The number of aliphatic hydroxyl groups is 2. The molecule has 0 aromatic carbocycles. The number of imidazole rings is 1. The molecular weight excluding hydrogens is 418 g/mol. The number of methoxy groups -OCH3 is 1. The van der Waals surface area contributed by atoms with E-state index in [-0.39, 0.29) is 35.5 Å². The van der Waals surface area contributed by atoms with Gasteiger partial charge in [-0.2, -0.15) is 23.1 Å². The molecule has 1 aliphatic heterocycles. The molecule has 0 radical (unpaired) electrons. The van der Waals surface area contributed by atoms with Gasteiger partial charge in [0.15, 0.2) is 29.7 Å². The van der Waals surface area contributed by atoms with Crippen LogP contribution >= 0.6 is 0 Å². The predicted molar refractivity (Wildman–Crippen MR) is 92.4 cm³/mol. The summed E-state index contributed by atoms with van der Waals surface area (Å²) in [6.07, 6.45) is -15.7. The lowest BCUT2D eigenvalue weighted by Crippen LogP contribution is -2.44. The van der Waals surface area contributed by atoms with Gasteiger partial charge in [0.25, 0.3) is 0 Å². The number of rotatable bonds is 5. The molecule has 2 aliphatic rings. The smallest absolute Gasteiger partial charge is 0.417 e. The van der Waals surface area contributed by atoms with Crippen molar-refractivity contribution in [2.24, 2.45) is 5.92 Å². The van der Waals surface area contributed by atoms with Crippen molar-refractivity contribution in [3.05, 3.63) is 10.5 Å². The largest absolute Gasteiger partial charge is 0.479 e. The van der Waals surface area contributed by atoms with Crippen LogP contribution < -0.4 is 16.2 Å². The minimum atomic E-state index is -5.19. The van der Waals surface area contributed by atoms with Crippen molar-refractivity contribution in [1.29, 1.82) is 0 Å². The number of hydrogen-bond donors (Lipinski definition) is 3. The van der Waals surface area contributed by atoms with Crippen molar-refractivity contribution in [3.63, 3.8) is 0 Å². The molecule has 2 aromatic rings. The number of hydrogen-bond acceptors (Lipinski definition) is 8. The number of nitrogen functional groups attached to an aromatic ring is 1. The average Bonchev–Trinajstić information content (AvgIpc) is 3.40. The second-order valence-electron chi connectivity index (χ2n) is 7.38. The van der Waals surface area contributed by atoms with Crippen LogP contribution in [0.15, 0.2) is 4.79 Å². The zero-order chi connectivity index (χ0) is 22.0. The molecule has 2 aromatic heterocycles. The van der Waals surface area contributed by atoms with Crippen LogP contribution in [0.1, 0.15) is 19.1 Å². The van der Waals surface area contributed by atoms with Crippen molar-refractivity contribution < 1.29 is 37.2 Å². The fourth-order valence-electron chi connectivity index (χ4n) is 3.58.